The Balaban J connectivity index is 1.40. The van der Waals surface area contributed by atoms with Crippen molar-refractivity contribution >= 4 is 28.4 Å². The van der Waals surface area contributed by atoms with E-state index in [1.165, 1.54) is 6.20 Å². The molecule has 1 aliphatic carbocycles. The van der Waals surface area contributed by atoms with E-state index in [0.29, 0.717) is 35.8 Å². The van der Waals surface area contributed by atoms with Gasteiger partial charge in [0.1, 0.15) is 17.9 Å². The van der Waals surface area contributed by atoms with Crippen molar-refractivity contribution in [3.05, 3.63) is 42.1 Å². The first-order chi connectivity index (χ1) is 15.8. The number of carbonyl (C=O) groups excluding carboxylic acids is 1. The number of rotatable bonds is 7. The van der Waals surface area contributed by atoms with E-state index in [2.05, 4.69) is 25.6 Å². The summed E-state index contributed by atoms with van der Waals surface area (Å²) >= 11 is 0. The average molecular weight is 463 g/mol. The Morgan fingerprint density at radius 3 is 2.76 bits per heavy atom. The zero-order valence-electron chi connectivity index (χ0n) is 18.0. The van der Waals surface area contributed by atoms with E-state index in [-0.39, 0.29) is 43.0 Å². The Kier molecular flexibility index (Phi) is 6.68. The number of pyridine rings is 2. The van der Waals surface area contributed by atoms with Crippen molar-refractivity contribution in [1.29, 1.82) is 0 Å². The first-order valence-electron chi connectivity index (χ1n) is 10.6. The number of amides is 2. The third kappa shape index (κ3) is 5.54. The minimum absolute atomic E-state index is 0.145. The van der Waals surface area contributed by atoms with E-state index in [0.717, 1.165) is 6.07 Å². The zero-order chi connectivity index (χ0) is 23.4. The second-order valence-electron chi connectivity index (χ2n) is 7.89. The molecular formula is C22H24F3N5O3. The number of ether oxygens (including phenoxy) is 2. The molecule has 0 spiro atoms. The summed E-state index contributed by atoms with van der Waals surface area (Å²) in [7, 11) is 1.57. The number of aromatic nitrogens is 3. The number of carbonyl (C=O) groups is 1. The third-order valence-corrected chi connectivity index (χ3v) is 5.51. The SMILES string of the molecule is COCCOc1ccc2[nH]cc(NC(=O)Nc3cnc(C4CCC(F)(F)CC4)c(F)c3)c2n1. The molecule has 3 N–H and O–H groups in total. The van der Waals surface area contributed by atoms with Gasteiger partial charge in [-0.2, -0.15) is 0 Å². The first-order valence-corrected chi connectivity index (χ1v) is 10.6. The molecule has 8 nitrogen and oxygen atoms in total. The molecule has 2 amide bonds. The monoisotopic (exact) mass is 463 g/mol. The van der Waals surface area contributed by atoms with E-state index in [9.17, 15) is 18.0 Å². The number of hydrogen-bond acceptors (Lipinski definition) is 5. The van der Waals surface area contributed by atoms with Crippen LogP contribution in [0, 0.1) is 5.82 Å². The highest BCUT2D eigenvalue weighted by atomic mass is 19.3. The lowest BCUT2D eigenvalue weighted by Gasteiger charge is -2.28. The number of hydrogen-bond donors (Lipinski definition) is 3. The third-order valence-electron chi connectivity index (χ3n) is 5.51. The van der Waals surface area contributed by atoms with Gasteiger partial charge in [0.25, 0.3) is 0 Å². The highest BCUT2D eigenvalue weighted by molar-refractivity contribution is 6.04. The minimum Gasteiger partial charge on any atom is -0.475 e. The van der Waals surface area contributed by atoms with Crippen LogP contribution >= 0.6 is 0 Å². The summed E-state index contributed by atoms with van der Waals surface area (Å²) in [6.45, 7) is 0.748. The number of methoxy groups -OCH3 is 1. The van der Waals surface area contributed by atoms with Crippen molar-refractivity contribution < 1.29 is 27.4 Å². The Morgan fingerprint density at radius 2 is 2.03 bits per heavy atom. The molecular weight excluding hydrogens is 439 g/mol. The van der Waals surface area contributed by atoms with Gasteiger partial charge in [-0.1, -0.05) is 0 Å². The normalized spacial score (nSPS) is 16.0. The summed E-state index contributed by atoms with van der Waals surface area (Å²) in [5, 5.41) is 5.18. The van der Waals surface area contributed by atoms with Crippen LogP contribution < -0.4 is 15.4 Å². The molecule has 0 unspecified atom stereocenters. The van der Waals surface area contributed by atoms with Crippen LogP contribution in [-0.2, 0) is 4.74 Å². The van der Waals surface area contributed by atoms with Crippen molar-refractivity contribution in [3.8, 4) is 5.88 Å². The molecule has 33 heavy (non-hydrogen) atoms. The summed E-state index contributed by atoms with van der Waals surface area (Å²) in [6, 6.07) is 3.99. The molecule has 3 heterocycles. The van der Waals surface area contributed by atoms with Gasteiger partial charge in [0.05, 0.1) is 35.4 Å². The minimum atomic E-state index is -2.69. The lowest BCUT2D eigenvalue weighted by molar-refractivity contribution is -0.0387. The van der Waals surface area contributed by atoms with Gasteiger partial charge < -0.3 is 25.1 Å². The fraction of sp³-hybridized carbons (Fsp3) is 0.409. The van der Waals surface area contributed by atoms with Crippen molar-refractivity contribution in [2.45, 2.75) is 37.5 Å². The summed E-state index contributed by atoms with van der Waals surface area (Å²) in [5.74, 6) is -3.30. The lowest BCUT2D eigenvalue weighted by Crippen LogP contribution is -2.24. The van der Waals surface area contributed by atoms with Gasteiger partial charge in [-0.15, -0.1) is 0 Å². The number of anilines is 2. The van der Waals surface area contributed by atoms with Crippen LogP contribution in [0.3, 0.4) is 0 Å². The van der Waals surface area contributed by atoms with E-state index < -0.39 is 17.8 Å². The molecule has 0 saturated heterocycles. The molecule has 0 aromatic carbocycles. The van der Waals surface area contributed by atoms with E-state index in [1.54, 1.807) is 25.4 Å². The Hall–Kier alpha value is -3.34. The van der Waals surface area contributed by atoms with Crippen LogP contribution in [0.4, 0.5) is 29.3 Å². The predicted molar refractivity (Wildman–Crippen MR) is 116 cm³/mol. The van der Waals surface area contributed by atoms with Crippen LogP contribution in [-0.4, -0.2) is 47.2 Å². The summed E-state index contributed by atoms with van der Waals surface area (Å²) in [4.78, 5) is 23.9. The van der Waals surface area contributed by atoms with Gasteiger partial charge in [0.2, 0.25) is 11.8 Å². The van der Waals surface area contributed by atoms with Crippen LogP contribution in [0.5, 0.6) is 5.88 Å². The fourth-order valence-electron chi connectivity index (χ4n) is 3.80. The lowest BCUT2D eigenvalue weighted by atomic mass is 9.84. The highest BCUT2D eigenvalue weighted by Crippen LogP contribution is 2.41. The summed E-state index contributed by atoms with van der Waals surface area (Å²) in [5.41, 5.74) is 1.89. The highest BCUT2D eigenvalue weighted by Gasteiger charge is 2.36. The average Bonchev–Trinajstić information content (AvgIpc) is 3.16. The molecule has 0 atom stereocenters. The van der Waals surface area contributed by atoms with E-state index in [4.69, 9.17) is 9.47 Å². The van der Waals surface area contributed by atoms with Crippen LogP contribution in [0.15, 0.2) is 30.6 Å². The van der Waals surface area contributed by atoms with Crippen LogP contribution in [0.25, 0.3) is 11.0 Å². The molecule has 3 aromatic heterocycles. The maximum absolute atomic E-state index is 14.6. The quantitative estimate of drug-likeness (QED) is 0.425. The summed E-state index contributed by atoms with van der Waals surface area (Å²) < 4.78 is 51.7. The van der Waals surface area contributed by atoms with E-state index >= 15 is 0 Å². The zero-order valence-corrected chi connectivity index (χ0v) is 18.0. The fourth-order valence-corrected chi connectivity index (χ4v) is 3.80. The largest absolute Gasteiger partial charge is 0.475 e. The predicted octanol–water partition coefficient (Wildman–Crippen LogP) is 5.06. The van der Waals surface area contributed by atoms with Crippen LogP contribution in [0.1, 0.15) is 37.3 Å². The van der Waals surface area contributed by atoms with E-state index in [1.807, 2.05) is 0 Å². The smallest absolute Gasteiger partial charge is 0.323 e. The van der Waals surface area contributed by atoms with Crippen molar-refractivity contribution in [2.75, 3.05) is 31.0 Å². The maximum atomic E-state index is 14.6. The Labute approximate surface area is 187 Å². The van der Waals surface area contributed by atoms with Gasteiger partial charge in [-0.05, 0) is 18.9 Å². The standard InChI is InChI=1S/C22H24F3N5O3/c1-32-8-9-33-18-3-2-16-20(30-18)17(12-26-16)29-21(31)28-14-10-15(23)19(27-11-14)13-4-6-22(24,25)7-5-13/h2-3,10-13,26H,4-9H2,1H3,(H2,28,29,31). The Bertz CT molecular complexity index is 1130. The van der Waals surface area contributed by atoms with Gasteiger partial charge in [0.15, 0.2) is 0 Å². The molecule has 4 rings (SSSR count). The number of halogens is 3. The molecule has 0 bridgehead atoms. The number of nitrogens with one attached hydrogen (secondary N) is 3. The number of urea groups is 1. The number of aromatic amines is 1. The Morgan fingerprint density at radius 1 is 1.24 bits per heavy atom. The van der Waals surface area contributed by atoms with Crippen molar-refractivity contribution in [1.82, 2.24) is 15.0 Å². The van der Waals surface area contributed by atoms with Gasteiger partial charge in [-0.3, -0.25) is 4.98 Å². The van der Waals surface area contributed by atoms with Gasteiger partial charge in [-0.25, -0.2) is 22.9 Å². The topological polar surface area (TPSA) is 101 Å². The molecule has 0 radical (unpaired) electrons. The van der Waals surface area contributed by atoms with Crippen molar-refractivity contribution in [3.63, 3.8) is 0 Å². The second-order valence-corrected chi connectivity index (χ2v) is 7.89. The molecule has 1 saturated carbocycles. The van der Waals surface area contributed by atoms with Gasteiger partial charge in [0, 0.05) is 44.2 Å². The number of alkyl halides is 2. The van der Waals surface area contributed by atoms with Crippen molar-refractivity contribution in [2.24, 2.45) is 0 Å². The molecule has 0 aliphatic heterocycles. The molecule has 1 aliphatic rings. The summed E-state index contributed by atoms with van der Waals surface area (Å²) in [6.07, 6.45) is 2.69. The molecule has 11 heteroatoms. The molecule has 3 aromatic rings. The first kappa shape index (κ1) is 22.8. The number of H-pyrrole nitrogens is 1. The molecule has 1 fully saturated rings. The molecule has 176 valence electrons. The van der Waals surface area contributed by atoms with Gasteiger partial charge >= 0.3 is 6.03 Å². The number of nitrogens with zero attached hydrogens (tertiary/aromatic N) is 2. The number of fused-ring (bicyclic) bond motifs is 1. The maximum Gasteiger partial charge on any atom is 0.323 e. The second kappa shape index (κ2) is 9.65. The van der Waals surface area contributed by atoms with Crippen LogP contribution in [0.2, 0.25) is 0 Å².